The molecule has 0 radical (unpaired) electrons. The molecule has 0 aliphatic rings. The number of ether oxygens (including phenoxy) is 1. The quantitative estimate of drug-likeness (QED) is 0.152. The lowest BCUT2D eigenvalue weighted by molar-refractivity contribution is 0.0600. The Kier molecular flexibility index (Phi) is 6.53. The number of aryl methyl sites for hydroxylation is 1. The summed E-state index contributed by atoms with van der Waals surface area (Å²) in [5, 5.41) is 1.28. The summed E-state index contributed by atoms with van der Waals surface area (Å²) in [5.41, 5.74) is 4.18. The fraction of sp³-hybridized carbons (Fsp3) is 0.107. The number of rotatable bonds is 6. The maximum absolute atomic E-state index is 14.0. The second-order valence-corrected chi connectivity index (χ2v) is 10.1. The van der Waals surface area contributed by atoms with Crippen molar-refractivity contribution in [1.82, 2.24) is 9.55 Å². The first-order valence-electron chi connectivity index (χ1n) is 11.0. The number of hydrogen-bond donors (Lipinski definition) is 0. The average molecular weight is 499 g/mol. The Labute approximate surface area is 211 Å². The van der Waals surface area contributed by atoms with Crippen molar-refractivity contribution in [3.8, 4) is 16.8 Å². The lowest BCUT2D eigenvalue weighted by Crippen LogP contribution is -2.21. The van der Waals surface area contributed by atoms with Crippen LogP contribution >= 0.6 is 23.1 Å². The van der Waals surface area contributed by atoms with Gasteiger partial charge in [0, 0.05) is 16.2 Å². The van der Waals surface area contributed by atoms with Crippen LogP contribution in [0.4, 0.5) is 0 Å². The molecule has 0 atom stereocenters. The maximum Gasteiger partial charge on any atom is 0.337 e. The standard InChI is InChI=1S/C28H22N2O3S2/c1-18-23(20-9-5-3-6-10-20)24-25(35-18)29-28(30(26(24)31)22-11-7-4-8-12-22)34-17-19-13-15-21(16-14-19)27(32)33-2/h3-16H,17H2,1-2H3. The number of carbonyl (C=O) groups is 1. The van der Waals surface area contributed by atoms with Crippen LogP contribution in [0.15, 0.2) is 94.9 Å². The topological polar surface area (TPSA) is 61.2 Å². The minimum atomic E-state index is -0.364. The van der Waals surface area contributed by atoms with Crippen molar-refractivity contribution in [3.63, 3.8) is 0 Å². The van der Waals surface area contributed by atoms with Crippen LogP contribution in [0, 0.1) is 6.92 Å². The monoisotopic (exact) mass is 498 g/mol. The Bertz CT molecular complexity index is 1560. The molecule has 3 aromatic carbocycles. The Morgan fingerprint density at radius 1 is 0.971 bits per heavy atom. The predicted molar refractivity (Wildman–Crippen MR) is 143 cm³/mol. The minimum absolute atomic E-state index is 0.0760. The molecule has 5 aromatic rings. The van der Waals surface area contributed by atoms with E-state index in [4.69, 9.17) is 9.72 Å². The van der Waals surface area contributed by atoms with E-state index in [1.165, 1.54) is 18.9 Å². The van der Waals surface area contributed by atoms with E-state index in [0.717, 1.165) is 32.1 Å². The van der Waals surface area contributed by atoms with E-state index in [9.17, 15) is 9.59 Å². The van der Waals surface area contributed by atoms with Gasteiger partial charge in [-0.1, -0.05) is 72.4 Å². The van der Waals surface area contributed by atoms with Gasteiger partial charge in [-0.15, -0.1) is 11.3 Å². The van der Waals surface area contributed by atoms with Crippen molar-refractivity contribution in [2.24, 2.45) is 0 Å². The molecule has 5 rings (SSSR count). The lowest BCUT2D eigenvalue weighted by atomic mass is 10.0. The van der Waals surface area contributed by atoms with Gasteiger partial charge in [-0.25, -0.2) is 9.78 Å². The fourth-order valence-electron chi connectivity index (χ4n) is 4.00. The molecule has 0 saturated carbocycles. The SMILES string of the molecule is COC(=O)c1ccc(CSc2nc3sc(C)c(-c4ccccc4)c3c(=O)n2-c2ccccc2)cc1. The van der Waals surface area contributed by atoms with Gasteiger partial charge in [0.05, 0.1) is 23.7 Å². The van der Waals surface area contributed by atoms with E-state index >= 15 is 0 Å². The number of thiophene rings is 1. The van der Waals surface area contributed by atoms with Crippen molar-refractivity contribution in [3.05, 3.63) is 111 Å². The van der Waals surface area contributed by atoms with E-state index < -0.39 is 0 Å². The molecule has 7 heteroatoms. The van der Waals surface area contributed by atoms with Crippen LogP contribution in [0.2, 0.25) is 0 Å². The highest BCUT2D eigenvalue weighted by molar-refractivity contribution is 7.98. The van der Waals surface area contributed by atoms with Gasteiger partial charge in [0.2, 0.25) is 0 Å². The van der Waals surface area contributed by atoms with Crippen molar-refractivity contribution >= 4 is 39.3 Å². The Morgan fingerprint density at radius 3 is 2.29 bits per heavy atom. The molecule has 0 bridgehead atoms. The Morgan fingerprint density at radius 2 is 1.63 bits per heavy atom. The highest BCUT2D eigenvalue weighted by atomic mass is 32.2. The third-order valence-electron chi connectivity index (χ3n) is 5.69. The molecule has 0 aliphatic carbocycles. The van der Waals surface area contributed by atoms with E-state index in [2.05, 4.69) is 0 Å². The number of nitrogens with zero attached hydrogens (tertiary/aromatic N) is 2. The summed E-state index contributed by atoms with van der Waals surface area (Å²) in [7, 11) is 1.37. The summed E-state index contributed by atoms with van der Waals surface area (Å²) < 4.78 is 6.48. The van der Waals surface area contributed by atoms with Crippen LogP contribution in [-0.2, 0) is 10.5 Å². The summed E-state index contributed by atoms with van der Waals surface area (Å²) in [5.74, 6) is 0.235. The minimum Gasteiger partial charge on any atom is -0.465 e. The number of thioether (sulfide) groups is 1. The number of carbonyl (C=O) groups excluding carboxylic acids is 1. The van der Waals surface area contributed by atoms with Crippen molar-refractivity contribution < 1.29 is 9.53 Å². The molecular formula is C28H22N2O3S2. The first kappa shape index (κ1) is 23.1. The van der Waals surface area contributed by atoms with Crippen LogP contribution in [0.3, 0.4) is 0 Å². The average Bonchev–Trinajstić information content (AvgIpc) is 3.24. The normalized spacial score (nSPS) is 11.0. The smallest absolute Gasteiger partial charge is 0.337 e. The van der Waals surface area contributed by atoms with Crippen molar-refractivity contribution in [2.45, 2.75) is 17.8 Å². The molecular weight excluding hydrogens is 476 g/mol. The van der Waals surface area contributed by atoms with Gasteiger partial charge in [-0.05, 0) is 42.3 Å². The van der Waals surface area contributed by atoms with Gasteiger partial charge in [0.15, 0.2) is 5.16 Å². The molecule has 2 heterocycles. The molecule has 35 heavy (non-hydrogen) atoms. The van der Waals surface area contributed by atoms with Crippen LogP contribution in [0.1, 0.15) is 20.8 Å². The first-order valence-corrected chi connectivity index (χ1v) is 12.8. The summed E-state index contributed by atoms with van der Waals surface area (Å²) in [4.78, 5) is 32.5. The number of hydrogen-bond acceptors (Lipinski definition) is 6. The van der Waals surface area contributed by atoms with Crippen LogP contribution in [-0.4, -0.2) is 22.6 Å². The molecule has 0 fully saturated rings. The number of methoxy groups -OCH3 is 1. The third kappa shape index (κ3) is 4.52. The maximum atomic E-state index is 14.0. The van der Waals surface area contributed by atoms with E-state index in [1.54, 1.807) is 28.0 Å². The van der Waals surface area contributed by atoms with Gasteiger partial charge >= 0.3 is 5.97 Å². The molecule has 5 nitrogen and oxygen atoms in total. The third-order valence-corrected chi connectivity index (χ3v) is 7.70. The van der Waals surface area contributed by atoms with Gasteiger partial charge < -0.3 is 4.74 Å². The fourth-order valence-corrected chi connectivity index (χ4v) is 6.05. The number of aromatic nitrogens is 2. The molecule has 0 saturated heterocycles. The molecule has 0 amide bonds. The molecule has 0 N–H and O–H groups in total. The number of benzene rings is 3. The summed E-state index contributed by atoms with van der Waals surface area (Å²) in [6.45, 7) is 2.04. The van der Waals surface area contributed by atoms with Gasteiger partial charge in [-0.3, -0.25) is 9.36 Å². The predicted octanol–water partition coefficient (Wildman–Crippen LogP) is 6.50. The van der Waals surface area contributed by atoms with E-state index in [-0.39, 0.29) is 11.5 Å². The zero-order valence-electron chi connectivity index (χ0n) is 19.2. The summed E-state index contributed by atoms with van der Waals surface area (Å²) in [6.07, 6.45) is 0. The summed E-state index contributed by atoms with van der Waals surface area (Å²) >= 11 is 3.04. The van der Waals surface area contributed by atoms with Gasteiger partial charge in [0.1, 0.15) is 4.83 Å². The molecule has 2 aromatic heterocycles. The molecule has 0 spiro atoms. The van der Waals surface area contributed by atoms with E-state index in [1.807, 2.05) is 79.7 Å². The number of para-hydroxylation sites is 1. The highest BCUT2D eigenvalue weighted by Gasteiger charge is 2.21. The molecule has 174 valence electrons. The van der Waals surface area contributed by atoms with E-state index in [0.29, 0.717) is 21.9 Å². The van der Waals surface area contributed by atoms with Gasteiger partial charge in [0.25, 0.3) is 5.56 Å². The second kappa shape index (κ2) is 9.90. The largest absolute Gasteiger partial charge is 0.465 e. The zero-order chi connectivity index (χ0) is 24.4. The molecule has 0 unspecified atom stereocenters. The first-order chi connectivity index (χ1) is 17.1. The Hall–Kier alpha value is -3.68. The van der Waals surface area contributed by atoms with Crippen LogP contribution < -0.4 is 5.56 Å². The molecule has 0 aliphatic heterocycles. The summed E-state index contributed by atoms with van der Waals surface area (Å²) in [6, 6.07) is 26.9. The number of esters is 1. The van der Waals surface area contributed by atoms with Gasteiger partial charge in [-0.2, -0.15) is 0 Å². The lowest BCUT2D eigenvalue weighted by Gasteiger charge is -2.13. The highest BCUT2D eigenvalue weighted by Crippen LogP contribution is 2.37. The number of fused-ring (bicyclic) bond motifs is 1. The second-order valence-electron chi connectivity index (χ2n) is 7.93. The van der Waals surface area contributed by atoms with Crippen molar-refractivity contribution in [2.75, 3.05) is 7.11 Å². The Balaban J connectivity index is 1.61. The van der Waals surface area contributed by atoms with Crippen LogP contribution in [0.5, 0.6) is 0 Å². The van der Waals surface area contributed by atoms with Crippen molar-refractivity contribution in [1.29, 1.82) is 0 Å². The zero-order valence-corrected chi connectivity index (χ0v) is 20.9. The van der Waals surface area contributed by atoms with Crippen LogP contribution in [0.25, 0.3) is 27.0 Å².